The Kier molecular flexibility index (Phi) is 7.16. The zero-order chi connectivity index (χ0) is 12.5. The molecule has 0 atom stereocenters. The predicted molar refractivity (Wildman–Crippen MR) is 70.1 cm³/mol. The van der Waals surface area contributed by atoms with E-state index in [9.17, 15) is 4.79 Å². The summed E-state index contributed by atoms with van der Waals surface area (Å²) in [6.45, 7) is 7.00. The molecule has 2 aliphatic heterocycles. The van der Waals surface area contributed by atoms with Crippen LogP contribution in [0.1, 0.15) is 12.8 Å². The lowest BCUT2D eigenvalue weighted by Crippen LogP contribution is -2.42. The van der Waals surface area contributed by atoms with Crippen molar-refractivity contribution in [2.75, 3.05) is 53.4 Å². The van der Waals surface area contributed by atoms with E-state index in [-0.39, 0.29) is 0 Å². The van der Waals surface area contributed by atoms with Crippen molar-refractivity contribution in [1.29, 1.82) is 0 Å². The number of nitrogens with zero attached hydrogens (tertiary/aromatic N) is 2. The van der Waals surface area contributed by atoms with Crippen LogP contribution in [0.15, 0.2) is 0 Å². The number of piperazine rings is 1. The Morgan fingerprint density at radius 3 is 1.94 bits per heavy atom. The minimum Gasteiger partial charge on any atom is -0.356 e. The summed E-state index contributed by atoms with van der Waals surface area (Å²) in [5, 5.41) is 5.98. The van der Waals surface area contributed by atoms with E-state index in [0.29, 0.717) is 6.04 Å². The van der Waals surface area contributed by atoms with Crippen LogP contribution in [-0.4, -0.2) is 75.6 Å². The minimum atomic E-state index is 0.420. The van der Waals surface area contributed by atoms with Gasteiger partial charge in [0.15, 0.2) is 0 Å². The van der Waals surface area contributed by atoms with E-state index < -0.39 is 0 Å². The summed E-state index contributed by atoms with van der Waals surface area (Å²) >= 11 is 0. The summed E-state index contributed by atoms with van der Waals surface area (Å²) in [5.74, 6) is 0. The molecule has 0 unspecified atom stereocenters. The van der Waals surface area contributed by atoms with E-state index in [1.165, 1.54) is 26.2 Å². The maximum absolute atomic E-state index is 9.94. The fraction of sp³-hybridized carbons (Fsp3) is 0.917. The fourth-order valence-electron chi connectivity index (χ4n) is 1.99. The Morgan fingerprint density at radius 2 is 1.53 bits per heavy atom. The van der Waals surface area contributed by atoms with E-state index in [1.54, 1.807) is 0 Å². The molecular formula is C12H26N4O. The Labute approximate surface area is 105 Å². The molecule has 5 nitrogen and oxygen atoms in total. The maximum Gasteiger partial charge on any atom is 0.207 e. The molecule has 2 heterocycles. The third kappa shape index (κ3) is 6.61. The molecule has 2 fully saturated rings. The lowest BCUT2D eigenvalue weighted by Gasteiger charge is -2.28. The number of likely N-dealkylation sites (N-methyl/N-ethyl adjacent to an activating group) is 2. The van der Waals surface area contributed by atoms with Gasteiger partial charge in [-0.15, -0.1) is 0 Å². The van der Waals surface area contributed by atoms with Gasteiger partial charge in [0.25, 0.3) is 0 Å². The smallest absolute Gasteiger partial charge is 0.207 e. The molecule has 17 heavy (non-hydrogen) atoms. The molecule has 1 amide bonds. The van der Waals surface area contributed by atoms with Gasteiger partial charge >= 0.3 is 0 Å². The number of rotatable bonds is 2. The molecule has 0 aromatic rings. The highest BCUT2D eigenvalue weighted by Gasteiger charge is 2.10. The molecule has 0 saturated carbocycles. The van der Waals surface area contributed by atoms with E-state index >= 15 is 0 Å². The molecule has 0 radical (unpaired) electrons. The van der Waals surface area contributed by atoms with E-state index in [0.717, 1.165) is 32.3 Å². The molecule has 2 aliphatic rings. The van der Waals surface area contributed by atoms with Crippen LogP contribution >= 0.6 is 0 Å². The normalized spacial score (nSPS) is 23.6. The van der Waals surface area contributed by atoms with Gasteiger partial charge in [-0.25, -0.2) is 0 Å². The maximum atomic E-state index is 9.94. The van der Waals surface area contributed by atoms with Gasteiger partial charge in [0, 0.05) is 32.2 Å². The fourth-order valence-corrected chi connectivity index (χ4v) is 1.99. The molecule has 0 spiro atoms. The highest BCUT2D eigenvalue weighted by atomic mass is 16.1. The first-order valence-corrected chi connectivity index (χ1v) is 6.50. The van der Waals surface area contributed by atoms with Crippen LogP contribution in [0, 0.1) is 0 Å². The number of nitrogens with one attached hydrogen (secondary N) is 2. The largest absolute Gasteiger partial charge is 0.356 e. The first-order chi connectivity index (χ1) is 8.22. The summed E-state index contributed by atoms with van der Waals surface area (Å²) in [7, 11) is 4.35. The molecule has 0 bridgehead atoms. The molecular weight excluding hydrogens is 216 g/mol. The van der Waals surface area contributed by atoms with Gasteiger partial charge in [-0.1, -0.05) is 0 Å². The summed E-state index contributed by atoms with van der Waals surface area (Å²) in [4.78, 5) is 14.7. The van der Waals surface area contributed by atoms with Crippen molar-refractivity contribution in [2.24, 2.45) is 0 Å². The van der Waals surface area contributed by atoms with Gasteiger partial charge in [-0.3, -0.25) is 4.79 Å². The van der Waals surface area contributed by atoms with Gasteiger partial charge in [-0.05, 0) is 40.0 Å². The third-order valence-corrected chi connectivity index (χ3v) is 3.37. The second-order valence-electron chi connectivity index (χ2n) is 4.92. The van der Waals surface area contributed by atoms with Gasteiger partial charge in [0.1, 0.15) is 0 Å². The van der Waals surface area contributed by atoms with Crippen molar-refractivity contribution in [2.45, 2.75) is 18.9 Å². The number of hydrogen-bond donors (Lipinski definition) is 2. The molecule has 0 aromatic heterocycles. The van der Waals surface area contributed by atoms with Crippen molar-refractivity contribution in [3.63, 3.8) is 0 Å². The number of piperidine rings is 1. The topological polar surface area (TPSA) is 47.6 Å². The number of carbonyl (C=O) groups is 1. The predicted octanol–water partition coefficient (Wildman–Crippen LogP) is -0.652. The van der Waals surface area contributed by atoms with Crippen LogP contribution in [0.4, 0.5) is 0 Å². The number of hydrogen-bond acceptors (Lipinski definition) is 4. The van der Waals surface area contributed by atoms with Crippen LogP contribution in [0.25, 0.3) is 0 Å². The highest BCUT2D eigenvalue weighted by Crippen LogP contribution is 1.99. The summed E-state index contributed by atoms with van der Waals surface area (Å²) in [5.41, 5.74) is 0. The Bertz CT molecular complexity index is 189. The standard InChI is InChI=1S/C6H12N2O.C6H14N2/c9-5-8-6-1-3-7-4-2-6;1-7-3-5-8(2)6-4-7/h5-7H,1-4H2,(H,8,9);3-6H2,1-2H3. The average Bonchev–Trinajstić information content (AvgIpc) is 2.36. The summed E-state index contributed by atoms with van der Waals surface area (Å²) in [6.07, 6.45) is 2.92. The third-order valence-electron chi connectivity index (χ3n) is 3.37. The van der Waals surface area contributed by atoms with Crippen LogP contribution in [0.5, 0.6) is 0 Å². The zero-order valence-electron chi connectivity index (χ0n) is 11.1. The van der Waals surface area contributed by atoms with E-state index in [4.69, 9.17) is 0 Å². The van der Waals surface area contributed by atoms with Crippen molar-refractivity contribution in [3.8, 4) is 0 Å². The van der Waals surface area contributed by atoms with Crippen molar-refractivity contribution in [1.82, 2.24) is 20.4 Å². The van der Waals surface area contributed by atoms with Crippen molar-refractivity contribution < 1.29 is 4.79 Å². The number of carbonyl (C=O) groups excluding carboxylic acids is 1. The van der Waals surface area contributed by atoms with Gasteiger partial charge < -0.3 is 20.4 Å². The van der Waals surface area contributed by atoms with Crippen molar-refractivity contribution >= 4 is 6.41 Å². The SMILES string of the molecule is CN1CCN(C)CC1.O=CNC1CCNCC1. The van der Waals surface area contributed by atoms with E-state index in [1.807, 2.05) is 0 Å². The van der Waals surface area contributed by atoms with Gasteiger partial charge in [-0.2, -0.15) is 0 Å². The molecule has 2 saturated heterocycles. The summed E-state index contributed by atoms with van der Waals surface area (Å²) < 4.78 is 0. The lowest BCUT2D eigenvalue weighted by molar-refractivity contribution is -0.110. The quantitative estimate of drug-likeness (QED) is 0.632. The Morgan fingerprint density at radius 1 is 1.06 bits per heavy atom. The molecule has 2 rings (SSSR count). The zero-order valence-corrected chi connectivity index (χ0v) is 11.1. The van der Waals surface area contributed by atoms with Gasteiger partial charge in [0.05, 0.1) is 0 Å². The van der Waals surface area contributed by atoms with E-state index in [2.05, 4.69) is 34.5 Å². The first kappa shape index (κ1) is 14.4. The summed E-state index contributed by atoms with van der Waals surface area (Å²) in [6, 6.07) is 0.420. The van der Waals surface area contributed by atoms with Crippen LogP contribution < -0.4 is 10.6 Å². The van der Waals surface area contributed by atoms with Crippen LogP contribution in [0.3, 0.4) is 0 Å². The molecule has 100 valence electrons. The monoisotopic (exact) mass is 242 g/mol. The highest BCUT2D eigenvalue weighted by molar-refractivity contribution is 5.46. The molecule has 5 heteroatoms. The Balaban J connectivity index is 0.000000171. The second kappa shape index (κ2) is 8.44. The minimum absolute atomic E-state index is 0.420. The average molecular weight is 242 g/mol. The molecule has 2 N–H and O–H groups in total. The molecule has 0 aromatic carbocycles. The first-order valence-electron chi connectivity index (χ1n) is 6.50. The second-order valence-corrected chi connectivity index (χ2v) is 4.92. The van der Waals surface area contributed by atoms with Crippen LogP contribution in [-0.2, 0) is 4.79 Å². The van der Waals surface area contributed by atoms with Gasteiger partial charge in [0.2, 0.25) is 6.41 Å². The van der Waals surface area contributed by atoms with Crippen LogP contribution in [0.2, 0.25) is 0 Å². The van der Waals surface area contributed by atoms with Crippen molar-refractivity contribution in [3.05, 3.63) is 0 Å². The lowest BCUT2D eigenvalue weighted by atomic mass is 10.1. The molecule has 0 aliphatic carbocycles. The number of amides is 1. The Hall–Kier alpha value is -0.650.